The van der Waals surface area contributed by atoms with Crippen LogP contribution in [0, 0.1) is 0 Å². The Kier molecular flexibility index (Phi) is 6.67. The lowest BCUT2D eigenvalue weighted by Crippen LogP contribution is -2.28. The second-order valence-electron chi connectivity index (χ2n) is 5.94. The van der Waals surface area contributed by atoms with Crippen molar-refractivity contribution >= 4 is 5.91 Å². The Balaban J connectivity index is 1.56. The lowest BCUT2D eigenvalue weighted by atomic mass is 10.0. The Morgan fingerprint density at radius 1 is 0.889 bits per heavy atom. The summed E-state index contributed by atoms with van der Waals surface area (Å²) in [6.07, 6.45) is 0.744. The molecule has 0 radical (unpaired) electrons. The highest BCUT2D eigenvalue weighted by Crippen LogP contribution is 2.23. The van der Waals surface area contributed by atoms with Gasteiger partial charge in [0, 0.05) is 18.7 Å². The SMILES string of the molecule is O=C(NCCCNCCO)c1nnc(-c2ccc(-c3ccccc3)cc2)o1. The van der Waals surface area contributed by atoms with Crippen LogP contribution in [0.5, 0.6) is 0 Å². The average Bonchev–Trinajstić information content (AvgIpc) is 3.22. The van der Waals surface area contributed by atoms with Crippen molar-refractivity contribution in [3.05, 3.63) is 60.5 Å². The minimum Gasteiger partial charge on any atom is -0.412 e. The molecule has 3 rings (SSSR count). The number of aliphatic hydroxyl groups is 1. The van der Waals surface area contributed by atoms with Gasteiger partial charge in [0.25, 0.3) is 0 Å². The first-order chi connectivity index (χ1) is 13.3. The molecule has 0 fully saturated rings. The van der Waals surface area contributed by atoms with Gasteiger partial charge in [-0.1, -0.05) is 42.5 Å². The van der Waals surface area contributed by atoms with Crippen LogP contribution < -0.4 is 10.6 Å². The van der Waals surface area contributed by atoms with Crippen molar-refractivity contribution in [3.63, 3.8) is 0 Å². The van der Waals surface area contributed by atoms with Crippen molar-refractivity contribution in [2.24, 2.45) is 0 Å². The van der Waals surface area contributed by atoms with Gasteiger partial charge >= 0.3 is 11.8 Å². The van der Waals surface area contributed by atoms with E-state index in [-0.39, 0.29) is 12.5 Å². The molecule has 0 saturated heterocycles. The number of benzene rings is 2. The highest BCUT2D eigenvalue weighted by Gasteiger charge is 2.15. The Hall–Kier alpha value is -3.03. The Morgan fingerprint density at radius 2 is 1.59 bits per heavy atom. The first kappa shape index (κ1) is 18.8. The number of carbonyl (C=O) groups excluding carboxylic acids is 1. The Bertz CT molecular complexity index is 847. The Labute approximate surface area is 157 Å². The summed E-state index contributed by atoms with van der Waals surface area (Å²) in [6.45, 7) is 1.85. The van der Waals surface area contributed by atoms with Gasteiger partial charge in [0.2, 0.25) is 5.89 Å². The molecule has 0 atom stereocenters. The second kappa shape index (κ2) is 9.61. The van der Waals surface area contributed by atoms with Crippen molar-refractivity contribution in [2.45, 2.75) is 6.42 Å². The molecular weight excluding hydrogens is 344 g/mol. The van der Waals surface area contributed by atoms with E-state index in [4.69, 9.17) is 9.52 Å². The van der Waals surface area contributed by atoms with Crippen LogP contribution in [0.2, 0.25) is 0 Å². The van der Waals surface area contributed by atoms with Gasteiger partial charge < -0.3 is 20.2 Å². The third-order valence-corrected chi connectivity index (χ3v) is 3.96. The molecule has 0 saturated carbocycles. The third kappa shape index (κ3) is 5.22. The molecule has 0 aliphatic carbocycles. The summed E-state index contributed by atoms with van der Waals surface area (Å²) < 4.78 is 5.49. The first-order valence-electron chi connectivity index (χ1n) is 8.87. The van der Waals surface area contributed by atoms with Crippen molar-refractivity contribution in [3.8, 4) is 22.6 Å². The normalized spacial score (nSPS) is 10.7. The zero-order chi connectivity index (χ0) is 18.9. The van der Waals surface area contributed by atoms with Gasteiger partial charge in [0.15, 0.2) is 0 Å². The van der Waals surface area contributed by atoms with Crippen molar-refractivity contribution in [2.75, 3.05) is 26.2 Å². The molecular formula is C20H22N4O3. The van der Waals surface area contributed by atoms with Gasteiger partial charge in [-0.25, -0.2) is 0 Å². The molecule has 3 N–H and O–H groups in total. The summed E-state index contributed by atoms with van der Waals surface area (Å²) in [5, 5.41) is 22.2. The molecule has 2 aromatic carbocycles. The summed E-state index contributed by atoms with van der Waals surface area (Å²) in [5.41, 5.74) is 2.98. The van der Waals surface area contributed by atoms with Gasteiger partial charge in [0.1, 0.15) is 0 Å². The van der Waals surface area contributed by atoms with Crippen LogP contribution in [-0.2, 0) is 0 Å². The molecule has 27 heavy (non-hydrogen) atoms. The Morgan fingerprint density at radius 3 is 2.33 bits per heavy atom. The summed E-state index contributed by atoms with van der Waals surface area (Å²) in [6, 6.07) is 17.8. The monoisotopic (exact) mass is 366 g/mol. The summed E-state index contributed by atoms with van der Waals surface area (Å²) in [4.78, 5) is 12.0. The molecule has 0 spiro atoms. The zero-order valence-electron chi connectivity index (χ0n) is 14.9. The molecule has 0 unspecified atom stereocenters. The first-order valence-corrected chi connectivity index (χ1v) is 8.87. The highest BCUT2D eigenvalue weighted by atomic mass is 16.4. The summed E-state index contributed by atoms with van der Waals surface area (Å²) >= 11 is 0. The summed E-state index contributed by atoms with van der Waals surface area (Å²) in [7, 11) is 0. The number of rotatable bonds is 9. The standard InChI is InChI=1S/C20H22N4O3/c25-14-13-21-11-4-12-22-18(26)20-24-23-19(27-20)17-9-7-16(8-10-17)15-5-2-1-3-6-15/h1-3,5-10,21,25H,4,11-14H2,(H,22,26). The number of nitrogens with one attached hydrogen (secondary N) is 2. The number of aromatic nitrogens is 2. The van der Waals surface area contributed by atoms with Crippen molar-refractivity contribution in [1.82, 2.24) is 20.8 Å². The van der Waals surface area contributed by atoms with Gasteiger partial charge in [-0.15, -0.1) is 10.2 Å². The number of nitrogens with zero attached hydrogens (tertiary/aromatic N) is 2. The number of carbonyl (C=O) groups is 1. The zero-order valence-corrected chi connectivity index (χ0v) is 14.9. The van der Waals surface area contributed by atoms with Gasteiger partial charge in [-0.05, 0) is 36.2 Å². The minimum absolute atomic E-state index is 0.0551. The van der Waals surface area contributed by atoms with E-state index < -0.39 is 5.91 Å². The maximum absolute atomic E-state index is 12.0. The molecule has 140 valence electrons. The smallest absolute Gasteiger partial charge is 0.308 e. The average molecular weight is 366 g/mol. The fourth-order valence-corrected chi connectivity index (χ4v) is 2.56. The molecule has 7 nitrogen and oxygen atoms in total. The molecule has 7 heteroatoms. The molecule has 3 aromatic rings. The van der Waals surface area contributed by atoms with E-state index in [2.05, 4.69) is 20.8 Å². The summed E-state index contributed by atoms with van der Waals surface area (Å²) in [5.74, 6) is -0.137. The lowest BCUT2D eigenvalue weighted by Gasteiger charge is -2.03. The quantitative estimate of drug-likeness (QED) is 0.502. The number of aliphatic hydroxyl groups excluding tert-OH is 1. The van der Waals surface area contributed by atoms with E-state index in [1.54, 1.807) is 0 Å². The fraction of sp³-hybridized carbons (Fsp3) is 0.250. The van der Waals surface area contributed by atoms with Crippen LogP contribution in [-0.4, -0.2) is 47.5 Å². The lowest BCUT2D eigenvalue weighted by molar-refractivity contribution is 0.0919. The molecule has 1 aromatic heterocycles. The van der Waals surface area contributed by atoms with E-state index in [0.29, 0.717) is 25.5 Å². The highest BCUT2D eigenvalue weighted by molar-refractivity contribution is 5.89. The number of amides is 1. The predicted molar refractivity (Wildman–Crippen MR) is 102 cm³/mol. The number of hydrogen-bond donors (Lipinski definition) is 3. The maximum atomic E-state index is 12.0. The van der Waals surface area contributed by atoms with E-state index in [1.165, 1.54) is 0 Å². The minimum atomic E-state index is -0.392. The van der Waals surface area contributed by atoms with Crippen LogP contribution in [0.4, 0.5) is 0 Å². The topological polar surface area (TPSA) is 100 Å². The van der Waals surface area contributed by atoms with E-state index in [1.807, 2.05) is 54.6 Å². The van der Waals surface area contributed by atoms with E-state index in [0.717, 1.165) is 23.1 Å². The van der Waals surface area contributed by atoms with Crippen LogP contribution in [0.3, 0.4) is 0 Å². The van der Waals surface area contributed by atoms with E-state index >= 15 is 0 Å². The van der Waals surface area contributed by atoms with Crippen molar-refractivity contribution in [1.29, 1.82) is 0 Å². The maximum Gasteiger partial charge on any atom is 0.308 e. The fourth-order valence-electron chi connectivity index (χ4n) is 2.56. The van der Waals surface area contributed by atoms with Crippen LogP contribution >= 0.6 is 0 Å². The van der Waals surface area contributed by atoms with Crippen LogP contribution in [0.15, 0.2) is 59.0 Å². The number of hydrogen-bond acceptors (Lipinski definition) is 6. The van der Waals surface area contributed by atoms with Gasteiger partial charge in [0.05, 0.1) is 6.61 Å². The molecule has 0 bridgehead atoms. The molecule has 0 aliphatic rings. The van der Waals surface area contributed by atoms with E-state index in [9.17, 15) is 4.79 Å². The van der Waals surface area contributed by atoms with Crippen LogP contribution in [0.25, 0.3) is 22.6 Å². The molecule has 1 amide bonds. The van der Waals surface area contributed by atoms with Gasteiger partial charge in [-0.2, -0.15) is 0 Å². The largest absolute Gasteiger partial charge is 0.412 e. The third-order valence-electron chi connectivity index (χ3n) is 3.96. The second-order valence-corrected chi connectivity index (χ2v) is 5.94. The van der Waals surface area contributed by atoms with Crippen molar-refractivity contribution < 1.29 is 14.3 Å². The van der Waals surface area contributed by atoms with Gasteiger partial charge in [-0.3, -0.25) is 4.79 Å². The van der Waals surface area contributed by atoms with Crippen LogP contribution in [0.1, 0.15) is 17.1 Å². The molecule has 0 aliphatic heterocycles. The molecule has 1 heterocycles. The predicted octanol–water partition coefficient (Wildman–Crippen LogP) is 2.11.